The van der Waals surface area contributed by atoms with Crippen LogP contribution in [-0.4, -0.2) is 18.0 Å². The largest absolute Gasteiger partial charge is 0.353 e. The molecule has 0 aromatic heterocycles. The lowest BCUT2D eigenvalue weighted by Crippen LogP contribution is -2.52. The first kappa shape index (κ1) is 13.9. The van der Waals surface area contributed by atoms with E-state index in [1.165, 1.54) is 12.8 Å². The van der Waals surface area contributed by atoms with Crippen LogP contribution in [0.4, 0.5) is 0 Å². The molecule has 2 saturated carbocycles. The molecule has 0 radical (unpaired) electrons. The van der Waals surface area contributed by atoms with Crippen LogP contribution in [0.5, 0.6) is 0 Å². The average molecular weight is 252 g/mol. The molecule has 0 spiro atoms. The van der Waals surface area contributed by atoms with Gasteiger partial charge in [-0.1, -0.05) is 20.8 Å². The smallest absolute Gasteiger partial charge is 0.223 e. The number of carbonyl (C=O) groups excluding carboxylic acids is 1. The van der Waals surface area contributed by atoms with Crippen LogP contribution in [0.1, 0.15) is 53.4 Å². The van der Waals surface area contributed by atoms with Crippen LogP contribution in [0.3, 0.4) is 0 Å². The van der Waals surface area contributed by atoms with Crippen molar-refractivity contribution in [2.24, 2.45) is 28.9 Å². The molecule has 18 heavy (non-hydrogen) atoms. The first-order chi connectivity index (χ1) is 8.34. The molecule has 1 amide bonds. The maximum absolute atomic E-state index is 12.5. The first-order valence-corrected chi connectivity index (χ1v) is 7.40. The Morgan fingerprint density at radius 1 is 1.28 bits per heavy atom. The van der Waals surface area contributed by atoms with E-state index in [0.29, 0.717) is 12.0 Å². The molecule has 4 unspecified atom stereocenters. The van der Waals surface area contributed by atoms with Gasteiger partial charge in [-0.25, -0.2) is 0 Å². The second-order valence-electron chi connectivity index (χ2n) is 7.04. The van der Waals surface area contributed by atoms with Gasteiger partial charge in [-0.15, -0.1) is 0 Å². The SMILES string of the molecule is CC(NC(=O)C1CCC(N)C(C)C1(C)C)C1CC1. The molecule has 2 fully saturated rings. The lowest BCUT2D eigenvalue weighted by atomic mass is 9.61. The number of rotatable bonds is 3. The van der Waals surface area contributed by atoms with Crippen LogP contribution < -0.4 is 11.1 Å². The Kier molecular flexibility index (Phi) is 3.72. The minimum atomic E-state index is 0.00498. The minimum absolute atomic E-state index is 0.00498. The maximum Gasteiger partial charge on any atom is 0.223 e. The van der Waals surface area contributed by atoms with Crippen LogP contribution in [-0.2, 0) is 4.79 Å². The van der Waals surface area contributed by atoms with E-state index < -0.39 is 0 Å². The molecular weight excluding hydrogens is 224 g/mol. The Bertz CT molecular complexity index is 322. The highest BCUT2D eigenvalue weighted by Crippen LogP contribution is 2.44. The zero-order valence-electron chi connectivity index (χ0n) is 12.2. The van der Waals surface area contributed by atoms with E-state index in [1.54, 1.807) is 0 Å². The average Bonchev–Trinajstić information content (AvgIpc) is 3.09. The van der Waals surface area contributed by atoms with Gasteiger partial charge in [0.2, 0.25) is 5.91 Å². The van der Waals surface area contributed by atoms with E-state index in [9.17, 15) is 4.79 Å². The molecule has 0 aromatic rings. The van der Waals surface area contributed by atoms with Crippen LogP contribution in [0.15, 0.2) is 0 Å². The van der Waals surface area contributed by atoms with Gasteiger partial charge in [-0.2, -0.15) is 0 Å². The van der Waals surface area contributed by atoms with Gasteiger partial charge < -0.3 is 11.1 Å². The Labute approximate surface area is 111 Å². The van der Waals surface area contributed by atoms with Gasteiger partial charge in [0.25, 0.3) is 0 Å². The van der Waals surface area contributed by atoms with Crippen LogP contribution in [0, 0.1) is 23.2 Å². The van der Waals surface area contributed by atoms with E-state index in [1.807, 2.05) is 0 Å². The van der Waals surface area contributed by atoms with Gasteiger partial charge >= 0.3 is 0 Å². The molecule has 0 aliphatic heterocycles. The highest BCUT2D eigenvalue weighted by Gasteiger charge is 2.45. The number of hydrogen-bond donors (Lipinski definition) is 2. The van der Waals surface area contributed by atoms with Crippen molar-refractivity contribution in [3.63, 3.8) is 0 Å². The summed E-state index contributed by atoms with van der Waals surface area (Å²) in [5, 5.41) is 3.22. The number of nitrogens with one attached hydrogen (secondary N) is 1. The monoisotopic (exact) mass is 252 g/mol. The molecule has 0 saturated heterocycles. The van der Waals surface area contributed by atoms with E-state index >= 15 is 0 Å². The van der Waals surface area contributed by atoms with Crippen molar-refractivity contribution in [3.05, 3.63) is 0 Å². The molecule has 4 atom stereocenters. The number of nitrogens with two attached hydrogens (primary N) is 1. The Morgan fingerprint density at radius 2 is 1.89 bits per heavy atom. The molecule has 2 aliphatic carbocycles. The molecule has 2 rings (SSSR count). The van der Waals surface area contributed by atoms with E-state index in [-0.39, 0.29) is 23.3 Å². The third-order valence-electron chi connectivity index (χ3n) is 5.52. The second-order valence-corrected chi connectivity index (χ2v) is 7.04. The van der Waals surface area contributed by atoms with E-state index in [2.05, 4.69) is 33.0 Å². The summed E-state index contributed by atoms with van der Waals surface area (Å²) in [5.41, 5.74) is 6.15. The van der Waals surface area contributed by atoms with Crippen molar-refractivity contribution < 1.29 is 4.79 Å². The van der Waals surface area contributed by atoms with Crippen LogP contribution in [0.25, 0.3) is 0 Å². The zero-order chi connectivity index (χ0) is 13.5. The van der Waals surface area contributed by atoms with Gasteiger partial charge in [0.1, 0.15) is 0 Å². The molecule has 3 nitrogen and oxygen atoms in total. The fourth-order valence-corrected chi connectivity index (χ4v) is 3.36. The summed E-state index contributed by atoms with van der Waals surface area (Å²) < 4.78 is 0. The van der Waals surface area contributed by atoms with Crippen molar-refractivity contribution in [1.29, 1.82) is 0 Å². The lowest BCUT2D eigenvalue weighted by molar-refractivity contribution is -0.133. The van der Waals surface area contributed by atoms with Gasteiger partial charge in [-0.3, -0.25) is 4.79 Å². The first-order valence-electron chi connectivity index (χ1n) is 7.40. The Balaban J connectivity index is 2.00. The topological polar surface area (TPSA) is 55.1 Å². The van der Waals surface area contributed by atoms with Gasteiger partial charge in [0.05, 0.1) is 0 Å². The second kappa shape index (κ2) is 4.84. The summed E-state index contributed by atoms with van der Waals surface area (Å²) in [6.07, 6.45) is 4.45. The van der Waals surface area contributed by atoms with Gasteiger partial charge in [0.15, 0.2) is 0 Å². The van der Waals surface area contributed by atoms with Crippen LogP contribution >= 0.6 is 0 Å². The van der Waals surface area contributed by atoms with Crippen molar-refractivity contribution in [2.75, 3.05) is 0 Å². The normalized spacial score (nSPS) is 37.1. The van der Waals surface area contributed by atoms with Gasteiger partial charge in [0, 0.05) is 18.0 Å². The van der Waals surface area contributed by atoms with Crippen molar-refractivity contribution in [1.82, 2.24) is 5.32 Å². The third-order valence-corrected chi connectivity index (χ3v) is 5.52. The zero-order valence-corrected chi connectivity index (χ0v) is 12.2. The predicted octanol–water partition coefficient (Wildman–Crippen LogP) is 2.30. The number of hydrogen-bond acceptors (Lipinski definition) is 2. The van der Waals surface area contributed by atoms with E-state index in [0.717, 1.165) is 18.8 Å². The highest BCUT2D eigenvalue weighted by molar-refractivity contribution is 5.80. The van der Waals surface area contributed by atoms with Crippen molar-refractivity contribution >= 4 is 5.91 Å². The van der Waals surface area contributed by atoms with Crippen molar-refractivity contribution in [2.45, 2.75) is 65.5 Å². The fourth-order valence-electron chi connectivity index (χ4n) is 3.36. The predicted molar refractivity (Wildman–Crippen MR) is 74.0 cm³/mol. The summed E-state index contributed by atoms with van der Waals surface area (Å²) in [4.78, 5) is 12.5. The standard InChI is InChI=1S/C15H28N2O/c1-9-13(16)8-7-12(15(9,3)4)14(18)17-10(2)11-5-6-11/h9-13H,5-8,16H2,1-4H3,(H,17,18). The molecule has 0 bridgehead atoms. The summed E-state index contributed by atoms with van der Waals surface area (Å²) in [7, 11) is 0. The Hall–Kier alpha value is -0.570. The summed E-state index contributed by atoms with van der Waals surface area (Å²) in [6, 6.07) is 0.587. The molecule has 0 aromatic carbocycles. The number of amides is 1. The molecule has 0 heterocycles. The van der Waals surface area contributed by atoms with Crippen LogP contribution in [0.2, 0.25) is 0 Å². The minimum Gasteiger partial charge on any atom is -0.353 e. The summed E-state index contributed by atoms with van der Waals surface area (Å²) in [6.45, 7) is 8.72. The molecule has 3 N–H and O–H groups in total. The van der Waals surface area contributed by atoms with E-state index in [4.69, 9.17) is 5.73 Å². The number of carbonyl (C=O) groups is 1. The van der Waals surface area contributed by atoms with Gasteiger partial charge in [-0.05, 0) is 49.9 Å². The quantitative estimate of drug-likeness (QED) is 0.810. The molecule has 104 valence electrons. The molecular formula is C15H28N2O. The summed E-state index contributed by atoms with van der Waals surface area (Å²) >= 11 is 0. The molecule has 3 heteroatoms. The third kappa shape index (κ3) is 2.56. The Morgan fingerprint density at radius 3 is 2.44 bits per heavy atom. The van der Waals surface area contributed by atoms with Crippen molar-refractivity contribution in [3.8, 4) is 0 Å². The summed E-state index contributed by atoms with van der Waals surface area (Å²) in [5.74, 6) is 1.49. The lowest BCUT2D eigenvalue weighted by Gasteiger charge is -2.46. The maximum atomic E-state index is 12.5. The fraction of sp³-hybridized carbons (Fsp3) is 0.933. The highest BCUT2D eigenvalue weighted by atomic mass is 16.2. The molecule has 2 aliphatic rings.